The molecule has 1 aromatic carbocycles. The maximum atomic E-state index is 12.7. The molecule has 0 bridgehead atoms. The first kappa shape index (κ1) is 14.0. The van der Waals surface area contributed by atoms with Gasteiger partial charge in [-0.05, 0) is 26.0 Å². The van der Waals surface area contributed by atoms with Gasteiger partial charge in [0.1, 0.15) is 6.54 Å². The zero-order valence-electron chi connectivity index (χ0n) is 12.0. The van der Waals surface area contributed by atoms with Crippen LogP contribution in [-0.4, -0.2) is 38.2 Å². The van der Waals surface area contributed by atoms with E-state index in [2.05, 4.69) is 0 Å². The molecule has 21 heavy (non-hydrogen) atoms. The van der Waals surface area contributed by atoms with E-state index in [-0.39, 0.29) is 19.1 Å². The average molecular weight is 291 g/mol. The molecule has 2 aliphatic heterocycles. The lowest BCUT2D eigenvalue weighted by Gasteiger charge is -2.21. The number of amides is 1. The minimum absolute atomic E-state index is 0.142. The maximum Gasteiger partial charge on any atom is 0.326 e. The lowest BCUT2D eigenvalue weighted by atomic mass is 10.0. The van der Waals surface area contributed by atoms with Crippen LogP contribution in [0.15, 0.2) is 18.2 Å². The molecular formula is C15H17NO5. The summed E-state index contributed by atoms with van der Waals surface area (Å²) in [6, 6.07) is 5.56. The normalized spacial score (nSPS) is 19.1. The fraction of sp³-hybridized carbons (Fsp3) is 0.467. The molecule has 0 N–H and O–H groups in total. The van der Waals surface area contributed by atoms with Crippen molar-refractivity contribution in [2.45, 2.75) is 19.6 Å². The van der Waals surface area contributed by atoms with Gasteiger partial charge in [-0.25, -0.2) is 0 Å². The average Bonchev–Trinajstić information content (AvgIpc) is 3.02. The van der Waals surface area contributed by atoms with Crippen molar-refractivity contribution >= 4 is 17.6 Å². The van der Waals surface area contributed by atoms with Crippen molar-refractivity contribution < 1.29 is 23.8 Å². The number of carbonyl (C=O) groups is 2. The lowest BCUT2D eigenvalue weighted by molar-refractivity contribution is -0.181. The Balaban J connectivity index is 2.00. The Morgan fingerprint density at radius 2 is 2.10 bits per heavy atom. The highest BCUT2D eigenvalue weighted by molar-refractivity contribution is 6.08. The zero-order valence-corrected chi connectivity index (χ0v) is 12.0. The predicted molar refractivity (Wildman–Crippen MR) is 73.7 cm³/mol. The summed E-state index contributed by atoms with van der Waals surface area (Å²) < 4.78 is 16.1. The fourth-order valence-electron chi connectivity index (χ4n) is 2.74. The standard InChI is InChI=1S/C15H17NO5/c1-3-19-13(17)9-16-12-5-4-10(2)8-11(12)15(14(16)18)20-6-7-21-15/h4-5,8H,3,6-7,9H2,1-2H3. The monoisotopic (exact) mass is 291 g/mol. The molecule has 6 heteroatoms. The third kappa shape index (κ3) is 2.11. The number of ether oxygens (including phenoxy) is 3. The Kier molecular flexibility index (Phi) is 3.43. The molecule has 3 rings (SSSR count). The second-order valence-electron chi connectivity index (χ2n) is 5.03. The second-order valence-corrected chi connectivity index (χ2v) is 5.03. The summed E-state index contributed by atoms with van der Waals surface area (Å²) in [7, 11) is 0. The van der Waals surface area contributed by atoms with Crippen LogP contribution in [-0.2, 0) is 29.6 Å². The van der Waals surface area contributed by atoms with Crippen molar-refractivity contribution in [2.24, 2.45) is 0 Å². The highest BCUT2D eigenvalue weighted by atomic mass is 16.7. The van der Waals surface area contributed by atoms with Crippen LogP contribution in [0.3, 0.4) is 0 Å². The van der Waals surface area contributed by atoms with E-state index in [1.165, 1.54) is 4.90 Å². The maximum absolute atomic E-state index is 12.7. The summed E-state index contributed by atoms with van der Waals surface area (Å²) in [5, 5.41) is 0. The summed E-state index contributed by atoms with van der Waals surface area (Å²) >= 11 is 0. The SMILES string of the molecule is CCOC(=O)CN1C(=O)C2(OCCO2)c2cc(C)ccc21. The molecule has 2 heterocycles. The van der Waals surface area contributed by atoms with Gasteiger partial charge in [-0.15, -0.1) is 0 Å². The molecule has 6 nitrogen and oxygen atoms in total. The van der Waals surface area contributed by atoms with Crippen LogP contribution in [0, 0.1) is 6.92 Å². The number of fused-ring (bicyclic) bond motifs is 2. The van der Waals surface area contributed by atoms with Crippen molar-refractivity contribution in [3.05, 3.63) is 29.3 Å². The Morgan fingerprint density at radius 1 is 1.38 bits per heavy atom. The number of rotatable bonds is 3. The van der Waals surface area contributed by atoms with Gasteiger partial charge in [0.2, 0.25) is 0 Å². The quantitative estimate of drug-likeness (QED) is 0.780. The molecule has 0 saturated carbocycles. The van der Waals surface area contributed by atoms with Gasteiger partial charge in [0, 0.05) is 5.56 Å². The van der Waals surface area contributed by atoms with Gasteiger partial charge < -0.3 is 14.2 Å². The summed E-state index contributed by atoms with van der Waals surface area (Å²) in [4.78, 5) is 25.8. The first-order valence-electron chi connectivity index (χ1n) is 6.95. The van der Waals surface area contributed by atoms with Crippen LogP contribution in [0.5, 0.6) is 0 Å². The third-order valence-electron chi connectivity index (χ3n) is 3.61. The van der Waals surface area contributed by atoms with Gasteiger partial charge in [0.15, 0.2) is 0 Å². The van der Waals surface area contributed by atoms with Crippen LogP contribution >= 0.6 is 0 Å². The number of hydrogen-bond acceptors (Lipinski definition) is 5. The summed E-state index contributed by atoms with van der Waals surface area (Å²) in [6.45, 7) is 4.50. The van der Waals surface area contributed by atoms with Crippen LogP contribution in [0.2, 0.25) is 0 Å². The van der Waals surface area contributed by atoms with Gasteiger partial charge in [0.25, 0.3) is 11.7 Å². The first-order chi connectivity index (χ1) is 10.1. The van der Waals surface area contributed by atoms with Gasteiger partial charge in [-0.2, -0.15) is 0 Å². The van der Waals surface area contributed by atoms with Gasteiger partial charge in [0.05, 0.1) is 25.5 Å². The van der Waals surface area contributed by atoms with Crippen LogP contribution in [0.4, 0.5) is 5.69 Å². The van der Waals surface area contributed by atoms with Crippen molar-refractivity contribution in [3.63, 3.8) is 0 Å². The minimum Gasteiger partial charge on any atom is -0.465 e. The second kappa shape index (κ2) is 5.13. The van der Waals surface area contributed by atoms with E-state index in [9.17, 15) is 9.59 Å². The molecule has 0 atom stereocenters. The van der Waals surface area contributed by atoms with Gasteiger partial charge in [-0.3, -0.25) is 14.5 Å². The van der Waals surface area contributed by atoms with Crippen LogP contribution in [0.25, 0.3) is 0 Å². The van der Waals surface area contributed by atoms with E-state index in [1.54, 1.807) is 6.92 Å². The highest BCUT2D eigenvalue weighted by Crippen LogP contribution is 2.45. The number of anilines is 1. The minimum atomic E-state index is -1.39. The van der Waals surface area contributed by atoms with Crippen molar-refractivity contribution in [1.82, 2.24) is 0 Å². The van der Waals surface area contributed by atoms with E-state index in [4.69, 9.17) is 14.2 Å². The molecule has 112 valence electrons. The topological polar surface area (TPSA) is 65.1 Å². The van der Waals surface area contributed by atoms with Crippen molar-refractivity contribution in [3.8, 4) is 0 Å². The van der Waals surface area contributed by atoms with Gasteiger partial charge in [-0.1, -0.05) is 11.6 Å². The van der Waals surface area contributed by atoms with Crippen molar-refractivity contribution in [1.29, 1.82) is 0 Å². The summed E-state index contributed by atoms with van der Waals surface area (Å²) in [6.07, 6.45) is 0. The highest BCUT2D eigenvalue weighted by Gasteiger charge is 2.56. The number of esters is 1. The molecule has 1 saturated heterocycles. The molecule has 1 spiro atoms. The van der Waals surface area contributed by atoms with E-state index in [1.807, 2.05) is 25.1 Å². The Hall–Kier alpha value is -1.92. The van der Waals surface area contributed by atoms with E-state index >= 15 is 0 Å². The number of aryl methyl sites for hydroxylation is 1. The molecule has 0 unspecified atom stereocenters. The molecule has 0 aliphatic carbocycles. The molecular weight excluding hydrogens is 274 g/mol. The Labute approximate surface area is 122 Å². The number of carbonyl (C=O) groups excluding carboxylic acids is 2. The largest absolute Gasteiger partial charge is 0.465 e. The summed E-state index contributed by atoms with van der Waals surface area (Å²) in [5.74, 6) is -2.21. The lowest BCUT2D eigenvalue weighted by Crippen LogP contribution is -2.43. The molecule has 2 aliphatic rings. The molecule has 0 radical (unpaired) electrons. The van der Waals surface area contributed by atoms with Crippen LogP contribution in [0.1, 0.15) is 18.1 Å². The van der Waals surface area contributed by atoms with Gasteiger partial charge >= 0.3 is 5.97 Å². The zero-order chi connectivity index (χ0) is 15.0. The van der Waals surface area contributed by atoms with Crippen molar-refractivity contribution in [2.75, 3.05) is 31.3 Å². The Bertz CT molecular complexity index is 592. The smallest absolute Gasteiger partial charge is 0.326 e. The summed E-state index contributed by atoms with van der Waals surface area (Å²) in [5.41, 5.74) is 2.30. The number of nitrogens with zero attached hydrogens (tertiary/aromatic N) is 1. The van der Waals surface area contributed by atoms with E-state index < -0.39 is 11.8 Å². The molecule has 1 fully saturated rings. The molecule has 1 amide bonds. The van der Waals surface area contributed by atoms with E-state index in [0.29, 0.717) is 24.5 Å². The van der Waals surface area contributed by atoms with E-state index in [0.717, 1.165) is 5.56 Å². The number of benzene rings is 1. The first-order valence-corrected chi connectivity index (χ1v) is 6.95. The van der Waals surface area contributed by atoms with Crippen LogP contribution < -0.4 is 4.90 Å². The predicted octanol–water partition coefficient (Wildman–Crippen LogP) is 1.10. The molecule has 0 aromatic heterocycles. The number of hydrogen-bond donors (Lipinski definition) is 0. The third-order valence-corrected chi connectivity index (χ3v) is 3.61. The Morgan fingerprint density at radius 3 is 2.76 bits per heavy atom. The molecule has 1 aromatic rings. The fourth-order valence-corrected chi connectivity index (χ4v) is 2.74.